The van der Waals surface area contributed by atoms with Crippen molar-refractivity contribution in [2.24, 2.45) is 0 Å². The van der Waals surface area contributed by atoms with Gasteiger partial charge in [0.2, 0.25) is 5.91 Å². The second-order valence-electron chi connectivity index (χ2n) is 10.2. The average molecular weight is 533 g/mol. The normalized spacial score (nSPS) is 21.2. The smallest absolute Gasteiger partial charge is 0.325 e. The van der Waals surface area contributed by atoms with Crippen molar-refractivity contribution in [3.63, 3.8) is 0 Å². The summed E-state index contributed by atoms with van der Waals surface area (Å²) in [7, 11) is 0. The van der Waals surface area contributed by atoms with Gasteiger partial charge in [-0.2, -0.15) is 0 Å². The third kappa shape index (κ3) is 4.88. The summed E-state index contributed by atoms with van der Waals surface area (Å²) in [6.45, 7) is 4.53. The van der Waals surface area contributed by atoms with Gasteiger partial charge in [0, 0.05) is 48.7 Å². The standard InChI is InChI=1S/C29H32N4O4S/c1-3-36-28(35)17-32(18(2)34)22-12-20-8-9-21(13-22)33(20)16-19-15-30-25-11-10-23(14-24(19)25)37-29-31-26-6-4-5-7-27(26)38-29/h4-7,10-11,14-15,20-22,30H,3,8-9,12-13,16-17H2,1-2H3/t20-,21+,22+. The summed E-state index contributed by atoms with van der Waals surface area (Å²) < 4.78 is 12.4. The molecule has 9 heteroatoms. The fourth-order valence-electron chi connectivity index (χ4n) is 6.15. The molecule has 1 N–H and O–H groups in total. The number of nitrogens with zero attached hydrogens (tertiary/aromatic N) is 3. The molecule has 2 aromatic heterocycles. The van der Waals surface area contributed by atoms with E-state index < -0.39 is 0 Å². The van der Waals surface area contributed by atoms with Crippen molar-refractivity contribution >= 4 is 44.3 Å². The number of benzene rings is 2. The first-order valence-corrected chi connectivity index (χ1v) is 14.1. The quantitative estimate of drug-likeness (QED) is 0.303. The van der Waals surface area contributed by atoms with Crippen LogP contribution in [0.15, 0.2) is 48.7 Å². The predicted molar refractivity (Wildman–Crippen MR) is 147 cm³/mol. The molecule has 2 saturated heterocycles. The van der Waals surface area contributed by atoms with Crippen molar-refractivity contribution in [1.82, 2.24) is 19.8 Å². The average Bonchev–Trinajstić information content (AvgIpc) is 3.55. The second kappa shape index (κ2) is 10.4. The van der Waals surface area contributed by atoms with Crippen molar-refractivity contribution in [3.05, 3.63) is 54.2 Å². The predicted octanol–water partition coefficient (Wildman–Crippen LogP) is 5.48. The van der Waals surface area contributed by atoms with E-state index in [9.17, 15) is 9.59 Å². The van der Waals surface area contributed by atoms with Crippen molar-refractivity contribution < 1.29 is 19.1 Å². The van der Waals surface area contributed by atoms with Crippen molar-refractivity contribution in [2.45, 2.75) is 64.2 Å². The monoisotopic (exact) mass is 532 g/mol. The zero-order valence-electron chi connectivity index (χ0n) is 21.7. The Kier molecular flexibility index (Phi) is 6.80. The minimum absolute atomic E-state index is 0.0349. The van der Waals surface area contributed by atoms with E-state index in [1.54, 1.807) is 30.1 Å². The summed E-state index contributed by atoms with van der Waals surface area (Å²) in [6.07, 6.45) is 6.08. The number of para-hydroxylation sites is 1. The number of hydrogen-bond acceptors (Lipinski definition) is 7. The van der Waals surface area contributed by atoms with E-state index in [4.69, 9.17) is 9.47 Å². The van der Waals surface area contributed by atoms with Gasteiger partial charge in [0.05, 0.1) is 16.8 Å². The number of hydrogen-bond donors (Lipinski definition) is 1. The maximum Gasteiger partial charge on any atom is 0.325 e. The first-order valence-electron chi connectivity index (χ1n) is 13.3. The lowest BCUT2D eigenvalue weighted by molar-refractivity contribution is -0.150. The van der Waals surface area contributed by atoms with Crippen LogP contribution in [0.2, 0.25) is 0 Å². The van der Waals surface area contributed by atoms with E-state index in [1.165, 1.54) is 5.56 Å². The molecule has 2 aliphatic rings. The number of carbonyl (C=O) groups excluding carboxylic acids is 2. The van der Waals surface area contributed by atoms with Crippen LogP contribution in [0.4, 0.5) is 0 Å². The molecular weight excluding hydrogens is 500 g/mol. The molecule has 0 radical (unpaired) electrons. The zero-order chi connectivity index (χ0) is 26.2. The molecule has 4 heterocycles. The molecule has 2 fully saturated rings. The van der Waals surface area contributed by atoms with Crippen LogP contribution < -0.4 is 4.74 Å². The van der Waals surface area contributed by atoms with E-state index in [0.717, 1.165) is 59.1 Å². The number of aromatic nitrogens is 2. The Morgan fingerprint density at radius 1 is 1.16 bits per heavy atom. The van der Waals surface area contributed by atoms with Gasteiger partial charge in [0.15, 0.2) is 0 Å². The number of rotatable bonds is 8. The molecule has 0 saturated carbocycles. The minimum atomic E-state index is -0.333. The summed E-state index contributed by atoms with van der Waals surface area (Å²) in [5.74, 6) is 0.378. The van der Waals surface area contributed by atoms with E-state index in [-0.39, 0.29) is 24.5 Å². The Balaban J connectivity index is 1.17. The van der Waals surface area contributed by atoms with Gasteiger partial charge >= 0.3 is 5.97 Å². The first kappa shape index (κ1) is 24.9. The Morgan fingerprint density at radius 2 is 1.95 bits per heavy atom. The van der Waals surface area contributed by atoms with Crippen molar-refractivity contribution in [2.75, 3.05) is 13.2 Å². The highest BCUT2D eigenvalue weighted by Gasteiger charge is 2.43. The Morgan fingerprint density at radius 3 is 2.68 bits per heavy atom. The summed E-state index contributed by atoms with van der Waals surface area (Å²) in [6, 6.07) is 15.0. The largest absolute Gasteiger partial charge is 0.465 e. The molecule has 0 unspecified atom stereocenters. The van der Waals surface area contributed by atoms with Crippen LogP contribution in [0.5, 0.6) is 10.9 Å². The molecule has 38 heavy (non-hydrogen) atoms. The van der Waals surface area contributed by atoms with Crippen LogP contribution in [0.25, 0.3) is 21.1 Å². The number of thiazole rings is 1. The third-order valence-electron chi connectivity index (χ3n) is 7.88. The SMILES string of the molecule is CCOC(=O)CN(C(C)=O)[C@H]1C[C@H]2CC[C@@H](C1)N2Cc1c[nH]c2ccc(Oc3nc4ccccc4s3)cc12. The van der Waals surface area contributed by atoms with E-state index in [2.05, 4.69) is 39.3 Å². The van der Waals surface area contributed by atoms with Crippen LogP contribution >= 0.6 is 11.3 Å². The van der Waals surface area contributed by atoms with E-state index in [1.807, 2.05) is 24.3 Å². The minimum Gasteiger partial charge on any atom is -0.465 e. The molecule has 2 aromatic carbocycles. The Labute approximate surface area is 225 Å². The molecule has 2 aliphatic heterocycles. The molecule has 0 spiro atoms. The first-order chi connectivity index (χ1) is 18.5. The molecule has 198 valence electrons. The van der Waals surface area contributed by atoms with Crippen LogP contribution in [0, 0.1) is 0 Å². The van der Waals surface area contributed by atoms with Crippen LogP contribution in [0.3, 0.4) is 0 Å². The van der Waals surface area contributed by atoms with Crippen molar-refractivity contribution in [3.8, 4) is 10.9 Å². The molecule has 4 aromatic rings. The van der Waals surface area contributed by atoms with Crippen LogP contribution in [-0.4, -0.2) is 62.9 Å². The Hall–Kier alpha value is -3.43. The number of esters is 1. The summed E-state index contributed by atoms with van der Waals surface area (Å²) in [5, 5.41) is 1.79. The van der Waals surface area contributed by atoms with Gasteiger partial charge in [-0.1, -0.05) is 23.5 Å². The summed E-state index contributed by atoms with van der Waals surface area (Å²) in [5.41, 5.74) is 3.26. The fraction of sp³-hybridized carbons (Fsp3) is 0.414. The van der Waals surface area contributed by atoms with E-state index >= 15 is 0 Å². The lowest BCUT2D eigenvalue weighted by Gasteiger charge is -2.42. The highest BCUT2D eigenvalue weighted by atomic mass is 32.1. The van der Waals surface area contributed by atoms with Gasteiger partial charge in [-0.05, 0) is 68.5 Å². The highest BCUT2D eigenvalue weighted by molar-refractivity contribution is 7.20. The number of nitrogens with one attached hydrogen (secondary N) is 1. The van der Waals surface area contributed by atoms with Gasteiger partial charge in [-0.3, -0.25) is 14.5 Å². The number of aromatic amines is 1. The van der Waals surface area contributed by atoms with Gasteiger partial charge in [0.25, 0.3) is 5.19 Å². The topological polar surface area (TPSA) is 87.8 Å². The molecule has 8 nitrogen and oxygen atoms in total. The second-order valence-corrected chi connectivity index (χ2v) is 11.2. The summed E-state index contributed by atoms with van der Waals surface area (Å²) in [4.78, 5) is 36.9. The fourth-order valence-corrected chi connectivity index (χ4v) is 6.98. The van der Waals surface area contributed by atoms with Gasteiger partial charge in [-0.15, -0.1) is 0 Å². The molecule has 6 rings (SSSR count). The maximum absolute atomic E-state index is 12.4. The van der Waals surface area contributed by atoms with Crippen LogP contribution in [-0.2, 0) is 20.9 Å². The number of ether oxygens (including phenoxy) is 2. The van der Waals surface area contributed by atoms with Gasteiger partial charge < -0.3 is 19.4 Å². The maximum atomic E-state index is 12.4. The lowest BCUT2D eigenvalue weighted by Crippen LogP contribution is -2.52. The number of amides is 1. The van der Waals surface area contributed by atoms with Gasteiger partial charge in [0.1, 0.15) is 12.3 Å². The molecule has 1 amide bonds. The van der Waals surface area contributed by atoms with Crippen molar-refractivity contribution in [1.29, 1.82) is 0 Å². The third-order valence-corrected chi connectivity index (χ3v) is 8.80. The number of carbonyl (C=O) groups is 2. The zero-order valence-corrected chi connectivity index (χ0v) is 22.5. The number of piperidine rings is 1. The highest BCUT2D eigenvalue weighted by Crippen LogP contribution is 2.40. The molecule has 3 atom stereocenters. The number of H-pyrrole nitrogens is 1. The Bertz CT molecular complexity index is 1430. The number of fused-ring (bicyclic) bond motifs is 4. The molecule has 2 bridgehead atoms. The summed E-state index contributed by atoms with van der Waals surface area (Å²) >= 11 is 1.55. The van der Waals surface area contributed by atoms with E-state index in [0.29, 0.717) is 23.9 Å². The lowest BCUT2D eigenvalue weighted by atomic mass is 9.95. The molecule has 0 aliphatic carbocycles. The van der Waals surface area contributed by atoms with Gasteiger partial charge in [-0.25, -0.2) is 4.98 Å². The molecular formula is C29H32N4O4S. The van der Waals surface area contributed by atoms with Crippen LogP contribution in [0.1, 0.15) is 45.1 Å².